The lowest BCUT2D eigenvalue weighted by molar-refractivity contribution is 0.380. The maximum Gasteiger partial charge on any atom is 0.191 e. The number of piperazine rings is 1. The number of aliphatic imine (C=N–C) groups is 1. The second-order valence-electron chi connectivity index (χ2n) is 6.48. The number of anilines is 1. The summed E-state index contributed by atoms with van der Waals surface area (Å²) in [5, 5.41) is 7.68. The summed E-state index contributed by atoms with van der Waals surface area (Å²) in [5.74, 6) is 0.598. The van der Waals surface area contributed by atoms with Crippen molar-refractivity contribution in [2.45, 2.75) is 13.5 Å². The van der Waals surface area contributed by atoms with Crippen molar-refractivity contribution in [3.05, 3.63) is 59.4 Å². The van der Waals surface area contributed by atoms with Gasteiger partial charge in [0.15, 0.2) is 11.1 Å². The molecule has 140 valence electrons. The zero-order valence-electron chi connectivity index (χ0n) is 15.3. The molecule has 4 rings (SSSR count). The average Bonchev–Trinajstić information content (AvgIpc) is 3.37. The van der Waals surface area contributed by atoms with Gasteiger partial charge in [0.1, 0.15) is 0 Å². The van der Waals surface area contributed by atoms with Crippen LogP contribution < -0.4 is 10.6 Å². The lowest BCUT2D eigenvalue weighted by Gasteiger charge is -2.35. The molecule has 7 nitrogen and oxygen atoms in total. The summed E-state index contributed by atoms with van der Waals surface area (Å²) < 4.78 is 1.89. The molecular weight excluding hydrogens is 358 g/mol. The molecule has 1 aliphatic heterocycles. The quantitative estimate of drug-likeness (QED) is 0.554. The minimum absolute atomic E-state index is 0.539. The first kappa shape index (κ1) is 17.5. The maximum atomic E-state index is 6.25. The Labute approximate surface area is 162 Å². The fourth-order valence-electron chi connectivity index (χ4n) is 3.13. The molecule has 2 N–H and O–H groups in total. The molecule has 0 atom stereocenters. The first-order valence-electron chi connectivity index (χ1n) is 9.00. The molecule has 1 saturated heterocycles. The highest BCUT2D eigenvalue weighted by Crippen LogP contribution is 2.19. The normalized spacial score (nSPS) is 15.4. The van der Waals surface area contributed by atoms with Gasteiger partial charge in [0.25, 0.3) is 0 Å². The highest BCUT2D eigenvalue weighted by atomic mass is 32.1. The SMILES string of the molecule is Cc1nn(-c2ccccc2)cc1CN=C(N)N1CCN(c2nccs2)CC1. The number of guanidine groups is 1. The average molecular weight is 382 g/mol. The van der Waals surface area contributed by atoms with Crippen LogP contribution in [0.5, 0.6) is 0 Å². The van der Waals surface area contributed by atoms with Gasteiger partial charge in [0.2, 0.25) is 0 Å². The van der Waals surface area contributed by atoms with Crippen LogP contribution in [0.2, 0.25) is 0 Å². The minimum Gasteiger partial charge on any atom is -0.370 e. The van der Waals surface area contributed by atoms with Crippen molar-refractivity contribution in [2.75, 3.05) is 31.1 Å². The van der Waals surface area contributed by atoms with E-state index >= 15 is 0 Å². The molecule has 0 aliphatic carbocycles. The molecule has 8 heteroatoms. The number of nitrogens with two attached hydrogens (primary N) is 1. The van der Waals surface area contributed by atoms with Crippen molar-refractivity contribution in [3.63, 3.8) is 0 Å². The van der Waals surface area contributed by atoms with E-state index in [4.69, 9.17) is 5.73 Å². The highest BCUT2D eigenvalue weighted by molar-refractivity contribution is 7.13. The molecule has 0 bridgehead atoms. The fraction of sp³-hybridized carbons (Fsp3) is 0.316. The zero-order valence-corrected chi connectivity index (χ0v) is 16.1. The number of hydrogen-bond donors (Lipinski definition) is 1. The summed E-state index contributed by atoms with van der Waals surface area (Å²) in [5.41, 5.74) is 9.35. The number of thiazole rings is 1. The van der Waals surface area contributed by atoms with Crippen LogP contribution in [0, 0.1) is 6.92 Å². The van der Waals surface area contributed by atoms with Crippen LogP contribution >= 0.6 is 11.3 Å². The Morgan fingerprint density at radius 3 is 2.67 bits per heavy atom. The van der Waals surface area contributed by atoms with E-state index in [1.54, 1.807) is 11.3 Å². The molecule has 0 spiro atoms. The lowest BCUT2D eigenvalue weighted by Crippen LogP contribution is -2.51. The number of benzene rings is 1. The Hall–Kier alpha value is -2.87. The Morgan fingerprint density at radius 1 is 1.19 bits per heavy atom. The second kappa shape index (κ2) is 7.79. The summed E-state index contributed by atoms with van der Waals surface area (Å²) >= 11 is 1.67. The highest BCUT2D eigenvalue weighted by Gasteiger charge is 2.19. The molecule has 0 amide bonds. The van der Waals surface area contributed by atoms with Gasteiger partial charge in [-0.3, -0.25) is 0 Å². The van der Waals surface area contributed by atoms with E-state index < -0.39 is 0 Å². The third kappa shape index (κ3) is 3.95. The summed E-state index contributed by atoms with van der Waals surface area (Å²) in [6.45, 7) is 6.09. The predicted molar refractivity (Wildman–Crippen MR) is 110 cm³/mol. The molecular formula is C19H23N7S. The number of aromatic nitrogens is 3. The van der Waals surface area contributed by atoms with Crippen molar-refractivity contribution in [1.29, 1.82) is 0 Å². The van der Waals surface area contributed by atoms with Crippen LogP contribution in [0.4, 0.5) is 5.13 Å². The molecule has 3 heterocycles. The van der Waals surface area contributed by atoms with Crippen LogP contribution in [-0.4, -0.2) is 51.8 Å². The van der Waals surface area contributed by atoms with E-state index in [0.29, 0.717) is 12.5 Å². The molecule has 0 radical (unpaired) electrons. The summed E-state index contributed by atoms with van der Waals surface area (Å²) in [7, 11) is 0. The van der Waals surface area contributed by atoms with E-state index in [1.807, 2.05) is 59.7 Å². The number of para-hydroxylation sites is 1. The first-order chi connectivity index (χ1) is 13.2. The van der Waals surface area contributed by atoms with Crippen LogP contribution in [0.15, 0.2) is 53.1 Å². The molecule has 1 aromatic carbocycles. The van der Waals surface area contributed by atoms with Gasteiger partial charge in [-0.25, -0.2) is 14.7 Å². The van der Waals surface area contributed by atoms with Gasteiger partial charge >= 0.3 is 0 Å². The number of aryl methyl sites for hydroxylation is 1. The van der Waals surface area contributed by atoms with Crippen LogP contribution in [-0.2, 0) is 6.54 Å². The first-order valence-corrected chi connectivity index (χ1v) is 9.88. The zero-order chi connectivity index (χ0) is 18.6. The van der Waals surface area contributed by atoms with Crippen molar-refractivity contribution < 1.29 is 0 Å². The molecule has 27 heavy (non-hydrogen) atoms. The Kier molecular flexibility index (Phi) is 5.06. The molecule has 1 aliphatic rings. The molecule has 2 aromatic heterocycles. The van der Waals surface area contributed by atoms with E-state index in [0.717, 1.165) is 48.3 Å². The summed E-state index contributed by atoms with van der Waals surface area (Å²) in [6.07, 6.45) is 3.88. The Balaban J connectivity index is 1.38. The predicted octanol–water partition coefficient (Wildman–Crippen LogP) is 2.27. The van der Waals surface area contributed by atoms with Crippen molar-refractivity contribution in [2.24, 2.45) is 10.7 Å². The summed E-state index contributed by atoms with van der Waals surface area (Å²) in [4.78, 5) is 13.4. The molecule has 1 fully saturated rings. The van der Waals surface area contributed by atoms with Gasteiger partial charge in [0.05, 0.1) is 17.9 Å². The second-order valence-corrected chi connectivity index (χ2v) is 7.36. The van der Waals surface area contributed by atoms with Gasteiger partial charge in [-0.05, 0) is 19.1 Å². The standard InChI is InChI=1S/C19H23N7S/c1-15-16(14-26(23-15)17-5-3-2-4-6-17)13-22-18(20)24-8-10-25(11-9-24)19-21-7-12-27-19/h2-7,12,14H,8-11,13H2,1H3,(H2,20,22). The van der Waals surface area contributed by atoms with E-state index in [-0.39, 0.29) is 0 Å². The van der Waals surface area contributed by atoms with E-state index in [1.165, 1.54) is 0 Å². The van der Waals surface area contributed by atoms with E-state index in [9.17, 15) is 0 Å². The summed E-state index contributed by atoms with van der Waals surface area (Å²) in [6, 6.07) is 10.1. The molecule has 0 unspecified atom stereocenters. The van der Waals surface area contributed by atoms with E-state index in [2.05, 4.69) is 24.9 Å². The molecule has 3 aromatic rings. The number of nitrogens with zero attached hydrogens (tertiary/aromatic N) is 6. The number of hydrogen-bond acceptors (Lipinski definition) is 5. The van der Waals surface area contributed by atoms with Gasteiger partial charge in [-0.15, -0.1) is 11.3 Å². The van der Waals surface area contributed by atoms with Crippen LogP contribution in [0.3, 0.4) is 0 Å². The smallest absolute Gasteiger partial charge is 0.191 e. The maximum absolute atomic E-state index is 6.25. The van der Waals surface area contributed by atoms with Crippen LogP contribution in [0.25, 0.3) is 5.69 Å². The van der Waals surface area contributed by atoms with Crippen molar-refractivity contribution in [1.82, 2.24) is 19.7 Å². The topological polar surface area (TPSA) is 75.6 Å². The van der Waals surface area contributed by atoms with Crippen molar-refractivity contribution >= 4 is 22.4 Å². The lowest BCUT2D eigenvalue weighted by atomic mass is 10.2. The molecule has 0 saturated carbocycles. The fourth-order valence-corrected chi connectivity index (χ4v) is 3.83. The largest absolute Gasteiger partial charge is 0.370 e. The third-order valence-corrected chi connectivity index (χ3v) is 5.56. The monoisotopic (exact) mass is 381 g/mol. The van der Waals surface area contributed by atoms with Gasteiger partial charge in [-0.2, -0.15) is 5.10 Å². The Morgan fingerprint density at radius 2 is 1.96 bits per heavy atom. The van der Waals surface area contributed by atoms with Gasteiger partial charge in [-0.1, -0.05) is 18.2 Å². The number of rotatable bonds is 4. The minimum atomic E-state index is 0.539. The van der Waals surface area contributed by atoms with Crippen LogP contribution in [0.1, 0.15) is 11.3 Å². The van der Waals surface area contributed by atoms with Gasteiger partial charge in [0, 0.05) is 49.5 Å². The Bertz CT molecular complexity index is 894. The van der Waals surface area contributed by atoms with Gasteiger partial charge < -0.3 is 15.5 Å². The third-order valence-electron chi connectivity index (χ3n) is 4.73. The van der Waals surface area contributed by atoms with Crippen molar-refractivity contribution in [3.8, 4) is 5.69 Å².